The molecule has 0 aromatic rings. The molecule has 0 atom stereocenters. The topological polar surface area (TPSA) is 34.1 Å². The Morgan fingerprint density at radius 2 is 0.950 bits per heavy atom. The molecule has 0 aromatic heterocycles. The molecule has 0 amide bonds. The van der Waals surface area contributed by atoms with Crippen LogP contribution >= 0.6 is 0 Å². The molecule has 0 radical (unpaired) electrons. The lowest BCUT2D eigenvalue weighted by atomic mass is 9.84. The zero-order chi connectivity index (χ0) is 14.2. The molecule has 0 N–H and O–H groups in total. The smallest absolute Gasteiger partial charge is 0.132 e. The van der Waals surface area contributed by atoms with E-state index in [0.29, 0.717) is 11.6 Å². The summed E-state index contributed by atoms with van der Waals surface area (Å²) < 4.78 is 0. The average molecular weight is 278 g/mol. The van der Waals surface area contributed by atoms with Gasteiger partial charge in [0.1, 0.15) is 11.6 Å². The van der Waals surface area contributed by atoms with Gasteiger partial charge in [-0.2, -0.15) is 0 Å². The quantitative estimate of drug-likeness (QED) is 0.624. The molecule has 0 bridgehead atoms. The maximum atomic E-state index is 11.2. The van der Waals surface area contributed by atoms with Gasteiger partial charge in [-0.3, -0.25) is 9.59 Å². The molecular formula is C18H30O2. The lowest BCUT2D eigenvalue weighted by Crippen LogP contribution is -2.14. The predicted octanol–water partition coefficient (Wildman–Crippen LogP) is 4.85. The van der Waals surface area contributed by atoms with Gasteiger partial charge in [0.25, 0.3) is 0 Å². The maximum absolute atomic E-state index is 11.2. The fraction of sp³-hybridized carbons (Fsp3) is 0.889. The summed E-state index contributed by atoms with van der Waals surface area (Å²) in [6.07, 6.45) is 16.0. The van der Waals surface area contributed by atoms with Crippen molar-refractivity contribution in [3.05, 3.63) is 0 Å². The van der Waals surface area contributed by atoms with E-state index in [1.54, 1.807) is 0 Å². The first kappa shape index (κ1) is 15.7. The first-order chi connectivity index (χ1) is 9.74. The Bertz CT molecular complexity index is 269. The number of hydrogen-bond donors (Lipinski definition) is 0. The van der Waals surface area contributed by atoms with Crippen molar-refractivity contribution in [2.24, 2.45) is 11.8 Å². The van der Waals surface area contributed by atoms with E-state index < -0.39 is 0 Å². The molecular weight excluding hydrogens is 248 g/mol. The summed E-state index contributed by atoms with van der Waals surface area (Å²) in [6, 6.07) is 0. The second-order valence-corrected chi connectivity index (χ2v) is 6.96. The van der Waals surface area contributed by atoms with E-state index in [1.807, 2.05) is 0 Å². The Morgan fingerprint density at radius 1 is 0.600 bits per heavy atom. The Labute approximate surface area is 123 Å². The number of unbranched alkanes of at least 4 members (excludes halogenated alkanes) is 3. The Kier molecular flexibility index (Phi) is 6.75. The molecule has 2 aliphatic carbocycles. The third kappa shape index (κ3) is 5.76. The van der Waals surface area contributed by atoms with Gasteiger partial charge in [0.15, 0.2) is 0 Å². The fourth-order valence-electron chi connectivity index (χ4n) is 3.80. The van der Waals surface area contributed by atoms with E-state index in [2.05, 4.69) is 0 Å². The average Bonchev–Trinajstić information content (AvgIpc) is 2.46. The van der Waals surface area contributed by atoms with Crippen LogP contribution in [-0.4, -0.2) is 11.6 Å². The third-order valence-electron chi connectivity index (χ3n) is 5.30. The van der Waals surface area contributed by atoms with E-state index in [4.69, 9.17) is 0 Å². The summed E-state index contributed by atoms with van der Waals surface area (Å²) >= 11 is 0. The first-order valence-corrected chi connectivity index (χ1v) is 8.77. The van der Waals surface area contributed by atoms with Crippen LogP contribution < -0.4 is 0 Å². The monoisotopic (exact) mass is 278 g/mol. The normalized spacial score (nSPS) is 22.4. The molecule has 0 unspecified atom stereocenters. The molecule has 2 rings (SSSR count). The van der Waals surface area contributed by atoms with Gasteiger partial charge in [-0.05, 0) is 37.5 Å². The van der Waals surface area contributed by atoms with Gasteiger partial charge in [0.05, 0.1) is 0 Å². The number of Topliss-reactive ketones (excluding diaryl/α,β-unsaturated/α-hetero) is 2. The van der Waals surface area contributed by atoms with Gasteiger partial charge < -0.3 is 0 Å². The van der Waals surface area contributed by atoms with Gasteiger partial charge in [-0.15, -0.1) is 0 Å². The molecule has 0 aromatic carbocycles. The largest absolute Gasteiger partial charge is 0.300 e. The summed E-state index contributed by atoms with van der Waals surface area (Å²) in [5.74, 6) is 2.62. The lowest BCUT2D eigenvalue weighted by molar-refractivity contribution is -0.121. The van der Waals surface area contributed by atoms with E-state index in [9.17, 15) is 9.59 Å². The molecule has 2 heteroatoms. The summed E-state index contributed by atoms with van der Waals surface area (Å²) in [5.41, 5.74) is 0. The molecule has 0 heterocycles. The highest BCUT2D eigenvalue weighted by atomic mass is 16.1. The standard InChI is InChI=1S/C18H30O2/c19-17-11-7-15(8-12-17)5-3-1-2-4-6-16-9-13-18(20)14-10-16/h15-16H,1-14H2. The van der Waals surface area contributed by atoms with Crippen molar-refractivity contribution in [3.63, 3.8) is 0 Å². The number of ketones is 2. The number of hydrogen-bond acceptors (Lipinski definition) is 2. The van der Waals surface area contributed by atoms with E-state index in [-0.39, 0.29) is 0 Å². The van der Waals surface area contributed by atoms with E-state index in [0.717, 1.165) is 63.2 Å². The van der Waals surface area contributed by atoms with Crippen LogP contribution in [0.15, 0.2) is 0 Å². The highest BCUT2D eigenvalue weighted by molar-refractivity contribution is 5.79. The van der Waals surface area contributed by atoms with Crippen LogP contribution in [0.1, 0.15) is 89.9 Å². The third-order valence-corrected chi connectivity index (χ3v) is 5.30. The summed E-state index contributed by atoms with van der Waals surface area (Å²) in [5, 5.41) is 0. The lowest BCUT2D eigenvalue weighted by Gasteiger charge is -2.21. The first-order valence-electron chi connectivity index (χ1n) is 8.77. The van der Waals surface area contributed by atoms with Crippen LogP contribution in [0.5, 0.6) is 0 Å². The van der Waals surface area contributed by atoms with Crippen LogP contribution in [0.25, 0.3) is 0 Å². The fourth-order valence-corrected chi connectivity index (χ4v) is 3.80. The van der Waals surface area contributed by atoms with Crippen LogP contribution in [0.3, 0.4) is 0 Å². The van der Waals surface area contributed by atoms with Gasteiger partial charge in [0.2, 0.25) is 0 Å². The van der Waals surface area contributed by atoms with E-state index >= 15 is 0 Å². The zero-order valence-electron chi connectivity index (χ0n) is 12.9. The minimum Gasteiger partial charge on any atom is -0.300 e. The molecule has 0 saturated heterocycles. The number of carbonyl (C=O) groups excluding carboxylic acids is 2. The molecule has 2 aliphatic rings. The van der Waals surface area contributed by atoms with Gasteiger partial charge in [-0.25, -0.2) is 0 Å². The van der Waals surface area contributed by atoms with Crippen molar-refractivity contribution >= 4 is 11.6 Å². The maximum Gasteiger partial charge on any atom is 0.132 e. The predicted molar refractivity (Wildman–Crippen MR) is 81.6 cm³/mol. The molecule has 2 saturated carbocycles. The highest BCUT2D eigenvalue weighted by Crippen LogP contribution is 2.28. The second-order valence-electron chi connectivity index (χ2n) is 6.96. The van der Waals surface area contributed by atoms with Crippen molar-refractivity contribution in [1.82, 2.24) is 0 Å². The minimum atomic E-state index is 0.479. The van der Waals surface area contributed by atoms with Crippen LogP contribution in [-0.2, 0) is 9.59 Å². The Hall–Kier alpha value is -0.660. The zero-order valence-corrected chi connectivity index (χ0v) is 12.9. The Balaban J connectivity index is 1.42. The van der Waals surface area contributed by atoms with Crippen LogP contribution in [0, 0.1) is 11.8 Å². The summed E-state index contributed by atoms with van der Waals surface area (Å²) in [7, 11) is 0. The van der Waals surface area contributed by atoms with Crippen molar-refractivity contribution in [1.29, 1.82) is 0 Å². The molecule has 0 spiro atoms. The SMILES string of the molecule is O=C1CCC(CCCCCCC2CCC(=O)CC2)CC1. The molecule has 2 fully saturated rings. The number of carbonyl (C=O) groups is 2. The van der Waals surface area contributed by atoms with Crippen LogP contribution in [0.4, 0.5) is 0 Å². The van der Waals surface area contributed by atoms with Crippen molar-refractivity contribution in [3.8, 4) is 0 Å². The molecule has 0 aliphatic heterocycles. The molecule has 2 nitrogen and oxygen atoms in total. The van der Waals surface area contributed by atoms with Crippen molar-refractivity contribution in [2.75, 3.05) is 0 Å². The van der Waals surface area contributed by atoms with Crippen molar-refractivity contribution in [2.45, 2.75) is 89.9 Å². The molecule has 114 valence electrons. The summed E-state index contributed by atoms with van der Waals surface area (Å²) in [6.45, 7) is 0. The highest BCUT2D eigenvalue weighted by Gasteiger charge is 2.19. The van der Waals surface area contributed by atoms with Gasteiger partial charge in [-0.1, -0.05) is 38.5 Å². The van der Waals surface area contributed by atoms with Crippen molar-refractivity contribution < 1.29 is 9.59 Å². The second kappa shape index (κ2) is 8.59. The van der Waals surface area contributed by atoms with Crippen LogP contribution in [0.2, 0.25) is 0 Å². The summed E-state index contributed by atoms with van der Waals surface area (Å²) in [4.78, 5) is 22.3. The number of rotatable bonds is 7. The molecule has 20 heavy (non-hydrogen) atoms. The van der Waals surface area contributed by atoms with Gasteiger partial charge in [0, 0.05) is 25.7 Å². The Morgan fingerprint density at radius 3 is 1.30 bits per heavy atom. The van der Waals surface area contributed by atoms with E-state index in [1.165, 1.54) is 38.5 Å². The van der Waals surface area contributed by atoms with Gasteiger partial charge >= 0.3 is 0 Å². The minimum absolute atomic E-state index is 0.479.